The maximum Gasteiger partial charge on any atom is 0.184 e. The summed E-state index contributed by atoms with van der Waals surface area (Å²) in [5.41, 5.74) is 9.65. The van der Waals surface area contributed by atoms with Crippen molar-refractivity contribution >= 4 is 23.0 Å². The number of para-hydroxylation sites is 1. The van der Waals surface area contributed by atoms with Crippen molar-refractivity contribution in [2.24, 2.45) is 10.8 Å². The van der Waals surface area contributed by atoms with E-state index in [1.54, 1.807) is 0 Å². The van der Waals surface area contributed by atoms with Gasteiger partial charge in [-0.3, -0.25) is 5.43 Å². The zero-order valence-electron chi connectivity index (χ0n) is 11.0. The molecule has 0 unspecified atom stereocenters. The van der Waals surface area contributed by atoms with Crippen LogP contribution in [-0.2, 0) is 0 Å². The number of nitrogens with zero attached hydrogens (tertiary/aromatic N) is 1. The van der Waals surface area contributed by atoms with E-state index in [1.165, 1.54) is 0 Å². The first-order valence-electron chi connectivity index (χ1n) is 6.08. The maximum atomic E-state index is 5.72. The molecule has 0 saturated heterocycles. The first kappa shape index (κ1) is 14.0. The minimum atomic E-state index is 0.147. The highest BCUT2D eigenvalue weighted by Gasteiger charge is 2.00. The largest absolute Gasteiger partial charge is 0.457 e. The van der Waals surface area contributed by atoms with Gasteiger partial charge in [0.05, 0.1) is 5.71 Å². The van der Waals surface area contributed by atoms with E-state index < -0.39 is 0 Å². The van der Waals surface area contributed by atoms with Gasteiger partial charge in [0.25, 0.3) is 0 Å². The molecule has 4 nitrogen and oxygen atoms in total. The molecule has 0 amide bonds. The molecule has 2 aromatic carbocycles. The van der Waals surface area contributed by atoms with Crippen molar-refractivity contribution in [3.05, 3.63) is 60.2 Å². The lowest BCUT2D eigenvalue weighted by Gasteiger charge is -2.06. The number of nitrogens with two attached hydrogens (primary N) is 1. The second-order valence-corrected chi connectivity index (χ2v) is 4.55. The molecular weight excluding hydrogens is 270 g/mol. The third kappa shape index (κ3) is 4.07. The van der Waals surface area contributed by atoms with Crippen LogP contribution in [0.3, 0.4) is 0 Å². The van der Waals surface area contributed by atoms with Crippen LogP contribution < -0.4 is 15.9 Å². The second-order valence-electron chi connectivity index (χ2n) is 4.11. The predicted molar refractivity (Wildman–Crippen MR) is 85.1 cm³/mol. The van der Waals surface area contributed by atoms with Crippen LogP contribution in [0, 0.1) is 0 Å². The van der Waals surface area contributed by atoms with Crippen molar-refractivity contribution < 1.29 is 4.74 Å². The normalized spacial score (nSPS) is 10.9. The Morgan fingerprint density at radius 2 is 1.65 bits per heavy atom. The fourth-order valence-electron chi connectivity index (χ4n) is 1.59. The Labute approximate surface area is 123 Å². The van der Waals surface area contributed by atoms with Gasteiger partial charge >= 0.3 is 0 Å². The molecule has 0 aliphatic rings. The summed E-state index contributed by atoms with van der Waals surface area (Å²) in [6, 6.07) is 17.3. The number of hydrazone groups is 1. The van der Waals surface area contributed by atoms with E-state index in [0.29, 0.717) is 0 Å². The van der Waals surface area contributed by atoms with Gasteiger partial charge in [-0.2, -0.15) is 5.10 Å². The summed E-state index contributed by atoms with van der Waals surface area (Å²) in [6.07, 6.45) is 0. The minimum absolute atomic E-state index is 0.147. The molecule has 0 spiro atoms. The fraction of sp³-hybridized carbons (Fsp3) is 0.0667. The molecule has 0 atom stereocenters. The van der Waals surface area contributed by atoms with Crippen LogP contribution in [0.1, 0.15) is 12.5 Å². The third-order valence-electron chi connectivity index (χ3n) is 2.58. The summed E-state index contributed by atoms with van der Waals surface area (Å²) in [4.78, 5) is 0. The van der Waals surface area contributed by atoms with Crippen molar-refractivity contribution in [1.82, 2.24) is 5.43 Å². The van der Waals surface area contributed by atoms with Gasteiger partial charge in [0.1, 0.15) is 11.5 Å². The molecule has 0 heterocycles. The van der Waals surface area contributed by atoms with Crippen LogP contribution in [0.15, 0.2) is 59.7 Å². The van der Waals surface area contributed by atoms with E-state index in [2.05, 4.69) is 10.5 Å². The zero-order valence-corrected chi connectivity index (χ0v) is 11.9. The summed E-state index contributed by atoms with van der Waals surface area (Å²) < 4.78 is 5.72. The molecule has 0 saturated carbocycles. The highest BCUT2D eigenvalue weighted by molar-refractivity contribution is 7.80. The Hall–Kier alpha value is -2.40. The zero-order chi connectivity index (χ0) is 14.4. The molecule has 0 bridgehead atoms. The van der Waals surface area contributed by atoms with Crippen LogP contribution >= 0.6 is 12.2 Å². The van der Waals surface area contributed by atoms with E-state index in [0.717, 1.165) is 22.8 Å². The van der Waals surface area contributed by atoms with Gasteiger partial charge in [0.2, 0.25) is 0 Å². The number of thiocarbonyl (C=S) groups is 1. The number of benzene rings is 2. The SMILES string of the molecule is C/C(=N/NC(N)=S)c1ccc(Oc2ccccc2)cc1. The quantitative estimate of drug-likeness (QED) is 0.515. The lowest BCUT2D eigenvalue weighted by atomic mass is 10.1. The highest BCUT2D eigenvalue weighted by Crippen LogP contribution is 2.21. The van der Waals surface area contributed by atoms with E-state index in [4.69, 9.17) is 22.7 Å². The molecule has 2 rings (SSSR count). The first-order valence-corrected chi connectivity index (χ1v) is 6.49. The molecular formula is C15H15N3OS. The van der Waals surface area contributed by atoms with Crippen LogP contribution in [0.5, 0.6) is 11.5 Å². The average molecular weight is 285 g/mol. The highest BCUT2D eigenvalue weighted by atomic mass is 32.1. The summed E-state index contributed by atoms with van der Waals surface area (Å²) in [5, 5.41) is 4.21. The molecule has 2 aromatic rings. The molecule has 0 aliphatic carbocycles. The van der Waals surface area contributed by atoms with Crippen molar-refractivity contribution in [3.8, 4) is 11.5 Å². The molecule has 0 aliphatic heterocycles. The van der Waals surface area contributed by atoms with Crippen LogP contribution in [0.25, 0.3) is 0 Å². The lowest BCUT2D eigenvalue weighted by Crippen LogP contribution is -2.25. The van der Waals surface area contributed by atoms with Crippen LogP contribution in [-0.4, -0.2) is 10.8 Å². The maximum absolute atomic E-state index is 5.72. The average Bonchev–Trinajstić information content (AvgIpc) is 2.46. The Morgan fingerprint density at radius 1 is 1.05 bits per heavy atom. The van der Waals surface area contributed by atoms with Gasteiger partial charge in [-0.15, -0.1) is 0 Å². The van der Waals surface area contributed by atoms with E-state index in [-0.39, 0.29) is 5.11 Å². The summed E-state index contributed by atoms with van der Waals surface area (Å²) in [5.74, 6) is 1.58. The molecule has 0 fully saturated rings. The number of ether oxygens (including phenoxy) is 1. The van der Waals surface area contributed by atoms with E-state index >= 15 is 0 Å². The van der Waals surface area contributed by atoms with E-state index in [9.17, 15) is 0 Å². The third-order valence-corrected chi connectivity index (χ3v) is 2.68. The van der Waals surface area contributed by atoms with Crippen molar-refractivity contribution in [2.75, 3.05) is 0 Å². The van der Waals surface area contributed by atoms with Crippen LogP contribution in [0.4, 0.5) is 0 Å². The van der Waals surface area contributed by atoms with E-state index in [1.807, 2.05) is 61.5 Å². The topological polar surface area (TPSA) is 59.6 Å². The molecule has 20 heavy (non-hydrogen) atoms. The van der Waals surface area contributed by atoms with Gasteiger partial charge in [-0.05, 0) is 61.1 Å². The monoisotopic (exact) mass is 285 g/mol. The van der Waals surface area contributed by atoms with Gasteiger partial charge in [0.15, 0.2) is 5.11 Å². The lowest BCUT2D eigenvalue weighted by molar-refractivity contribution is 0.482. The molecule has 102 valence electrons. The number of rotatable bonds is 4. The van der Waals surface area contributed by atoms with Crippen molar-refractivity contribution in [3.63, 3.8) is 0 Å². The molecule has 0 aromatic heterocycles. The van der Waals surface area contributed by atoms with Gasteiger partial charge in [-0.25, -0.2) is 0 Å². The Bertz CT molecular complexity index is 609. The number of hydrogen-bond donors (Lipinski definition) is 2. The minimum Gasteiger partial charge on any atom is -0.457 e. The van der Waals surface area contributed by atoms with Crippen molar-refractivity contribution in [1.29, 1.82) is 0 Å². The Morgan fingerprint density at radius 3 is 2.25 bits per heavy atom. The standard InChI is InChI=1S/C15H15N3OS/c1-11(17-18-15(16)20)12-7-9-14(10-8-12)19-13-5-3-2-4-6-13/h2-10H,1H3,(H3,16,18,20)/b17-11-. The number of nitrogens with one attached hydrogen (secondary N) is 1. The summed E-state index contributed by atoms with van der Waals surface area (Å²) in [7, 11) is 0. The van der Waals surface area contributed by atoms with Crippen LogP contribution in [0.2, 0.25) is 0 Å². The Balaban J connectivity index is 2.06. The fourth-order valence-corrected chi connectivity index (χ4v) is 1.64. The summed E-state index contributed by atoms with van der Waals surface area (Å²) >= 11 is 4.70. The second kappa shape index (κ2) is 6.68. The smallest absolute Gasteiger partial charge is 0.184 e. The molecule has 0 radical (unpaired) electrons. The molecule has 3 N–H and O–H groups in total. The van der Waals surface area contributed by atoms with Gasteiger partial charge in [0, 0.05) is 0 Å². The first-order chi connectivity index (χ1) is 9.65. The van der Waals surface area contributed by atoms with Gasteiger partial charge in [-0.1, -0.05) is 18.2 Å². The Kier molecular flexibility index (Phi) is 4.68. The molecule has 5 heteroatoms. The van der Waals surface area contributed by atoms with Crippen molar-refractivity contribution in [2.45, 2.75) is 6.92 Å². The van der Waals surface area contributed by atoms with Gasteiger partial charge < -0.3 is 10.5 Å². The summed E-state index contributed by atoms with van der Waals surface area (Å²) in [6.45, 7) is 1.87. The predicted octanol–water partition coefficient (Wildman–Crippen LogP) is 3.04. The number of hydrogen-bond acceptors (Lipinski definition) is 3.